The molecule has 1 fully saturated rings. The minimum absolute atomic E-state index is 0.00805. The van der Waals surface area contributed by atoms with Gasteiger partial charge in [0.1, 0.15) is 0 Å². The minimum Gasteiger partial charge on any atom is -0.358 e. The number of carbonyl (C=O) groups excluding carboxylic acids is 1. The van der Waals surface area contributed by atoms with Gasteiger partial charge in [0.05, 0.1) is 10.2 Å². The van der Waals surface area contributed by atoms with Crippen LogP contribution in [-0.2, 0) is 4.79 Å². The van der Waals surface area contributed by atoms with E-state index in [4.69, 9.17) is 12.2 Å². The van der Waals surface area contributed by atoms with E-state index in [1.807, 2.05) is 25.1 Å². The largest absolute Gasteiger partial charge is 0.358 e. The van der Waals surface area contributed by atoms with Crippen LogP contribution in [0.25, 0.3) is 10.2 Å². The number of carbonyl (C=O) groups is 1. The van der Waals surface area contributed by atoms with Crippen LogP contribution in [0.15, 0.2) is 18.2 Å². The molecule has 0 spiro atoms. The SMILES string of the molecule is Cc1cccc2sc(NC(=O)CCN3C(=S)NC(C)(C)C[C@@H]3C)nc12. The smallest absolute Gasteiger partial charge is 0.227 e. The summed E-state index contributed by atoms with van der Waals surface area (Å²) in [6, 6.07) is 6.38. The highest BCUT2D eigenvalue weighted by Gasteiger charge is 2.33. The molecule has 7 heteroatoms. The maximum Gasteiger partial charge on any atom is 0.227 e. The summed E-state index contributed by atoms with van der Waals surface area (Å²) in [5.41, 5.74) is 2.09. The zero-order valence-corrected chi connectivity index (χ0v) is 16.7. The maximum atomic E-state index is 12.3. The molecule has 25 heavy (non-hydrogen) atoms. The van der Waals surface area contributed by atoms with E-state index in [9.17, 15) is 4.79 Å². The topological polar surface area (TPSA) is 57.3 Å². The Kier molecular flexibility index (Phi) is 4.97. The van der Waals surface area contributed by atoms with Gasteiger partial charge in [0.25, 0.3) is 0 Å². The van der Waals surface area contributed by atoms with E-state index in [0.29, 0.717) is 24.1 Å². The molecule has 1 aromatic carbocycles. The number of hydrogen-bond donors (Lipinski definition) is 2. The first-order valence-electron chi connectivity index (χ1n) is 8.50. The molecule has 0 saturated carbocycles. The predicted molar refractivity (Wildman–Crippen MR) is 108 cm³/mol. The summed E-state index contributed by atoms with van der Waals surface area (Å²) < 4.78 is 1.09. The fraction of sp³-hybridized carbons (Fsp3) is 0.500. The molecule has 1 saturated heterocycles. The van der Waals surface area contributed by atoms with Crippen LogP contribution in [0, 0.1) is 6.92 Å². The van der Waals surface area contributed by atoms with Crippen molar-refractivity contribution >= 4 is 49.9 Å². The molecule has 2 aromatic rings. The number of para-hydroxylation sites is 1. The molecule has 0 radical (unpaired) electrons. The van der Waals surface area contributed by atoms with Crippen LogP contribution in [-0.4, -0.2) is 39.0 Å². The van der Waals surface area contributed by atoms with E-state index in [-0.39, 0.29) is 11.4 Å². The molecular weight excluding hydrogens is 352 g/mol. The normalized spacial score (nSPS) is 19.8. The van der Waals surface area contributed by atoms with Crippen LogP contribution in [0.4, 0.5) is 5.13 Å². The number of aryl methyl sites for hydroxylation is 1. The van der Waals surface area contributed by atoms with Crippen LogP contribution in [0.2, 0.25) is 0 Å². The fourth-order valence-corrected chi connectivity index (χ4v) is 4.83. The van der Waals surface area contributed by atoms with Crippen LogP contribution in [0.3, 0.4) is 0 Å². The number of fused-ring (bicyclic) bond motifs is 1. The van der Waals surface area contributed by atoms with Crippen molar-refractivity contribution in [3.63, 3.8) is 0 Å². The standard InChI is InChI=1S/C18H24N4OS2/c1-11-6-5-7-13-15(11)20-16(25-13)19-14(23)8-9-22-12(2)10-18(3,4)21-17(22)24/h5-7,12H,8-10H2,1-4H3,(H,21,24)(H,19,20,23)/t12-/m0/s1. The Bertz CT molecular complexity index is 815. The lowest BCUT2D eigenvalue weighted by molar-refractivity contribution is -0.116. The lowest BCUT2D eigenvalue weighted by Crippen LogP contribution is -2.60. The van der Waals surface area contributed by atoms with Crippen LogP contribution >= 0.6 is 23.6 Å². The summed E-state index contributed by atoms with van der Waals surface area (Å²) in [5, 5.41) is 7.66. The molecule has 1 aromatic heterocycles. The highest BCUT2D eigenvalue weighted by Crippen LogP contribution is 2.28. The van der Waals surface area contributed by atoms with Gasteiger partial charge >= 0.3 is 0 Å². The maximum absolute atomic E-state index is 12.3. The molecule has 1 atom stereocenters. The van der Waals surface area contributed by atoms with Crippen molar-refractivity contribution in [1.82, 2.24) is 15.2 Å². The van der Waals surface area contributed by atoms with Gasteiger partial charge in [0, 0.05) is 24.5 Å². The van der Waals surface area contributed by atoms with Crippen LogP contribution in [0.1, 0.15) is 39.2 Å². The molecule has 1 aliphatic rings. The molecule has 3 rings (SSSR count). The number of aromatic nitrogens is 1. The van der Waals surface area contributed by atoms with Crippen molar-refractivity contribution in [3.05, 3.63) is 23.8 Å². The van der Waals surface area contributed by atoms with E-state index in [0.717, 1.165) is 27.3 Å². The lowest BCUT2D eigenvalue weighted by Gasteiger charge is -2.44. The number of thiazole rings is 1. The number of nitrogens with one attached hydrogen (secondary N) is 2. The predicted octanol–water partition coefficient (Wildman–Crippen LogP) is 3.68. The van der Waals surface area contributed by atoms with Gasteiger partial charge in [-0.2, -0.15) is 0 Å². The van der Waals surface area contributed by atoms with E-state index in [2.05, 4.69) is 41.3 Å². The number of anilines is 1. The molecule has 1 amide bonds. The quantitative estimate of drug-likeness (QED) is 0.797. The molecule has 2 N–H and O–H groups in total. The Labute approximate surface area is 157 Å². The third kappa shape index (κ3) is 4.10. The second-order valence-electron chi connectivity index (χ2n) is 7.30. The van der Waals surface area contributed by atoms with Gasteiger partial charge in [-0.3, -0.25) is 4.79 Å². The summed E-state index contributed by atoms with van der Waals surface area (Å²) in [6.07, 6.45) is 1.38. The third-order valence-corrected chi connectivity index (χ3v) is 5.76. The molecule has 0 aliphatic carbocycles. The number of benzene rings is 1. The monoisotopic (exact) mass is 376 g/mol. The second-order valence-corrected chi connectivity index (χ2v) is 8.72. The average Bonchev–Trinajstić information content (AvgIpc) is 2.89. The zero-order chi connectivity index (χ0) is 18.2. The van der Waals surface area contributed by atoms with Crippen molar-refractivity contribution in [3.8, 4) is 0 Å². The molecule has 0 unspecified atom stereocenters. The number of thiocarbonyl (C=S) groups is 1. The Morgan fingerprint density at radius 3 is 2.96 bits per heavy atom. The molecule has 1 aliphatic heterocycles. The summed E-state index contributed by atoms with van der Waals surface area (Å²) in [6.45, 7) is 9.09. The van der Waals surface area contributed by atoms with E-state index in [1.165, 1.54) is 11.3 Å². The summed E-state index contributed by atoms with van der Waals surface area (Å²) in [5.74, 6) is -0.0310. The van der Waals surface area contributed by atoms with Gasteiger partial charge < -0.3 is 15.5 Å². The molecular formula is C18H24N4OS2. The van der Waals surface area contributed by atoms with Gasteiger partial charge in [-0.1, -0.05) is 23.5 Å². The van der Waals surface area contributed by atoms with Gasteiger partial charge in [-0.05, 0) is 58.0 Å². The number of hydrogen-bond acceptors (Lipinski definition) is 4. The number of amides is 1. The molecule has 0 bridgehead atoms. The van der Waals surface area contributed by atoms with Crippen LogP contribution < -0.4 is 10.6 Å². The molecule has 5 nitrogen and oxygen atoms in total. The summed E-state index contributed by atoms with van der Waals surface area (Å²) >= 11 is 6.97. The van der Waals surface area contributed by atoms with Crippen molar-refractivity contribution in [2.45, 2.75) is 52.1 Å². The van der Waals surface area contributed by atoms with Gasteiger partial charge in [0.15, 0.2) is 10.2 Å². The van der Waals surface area contributed by atoms with Crippen molar-refractivity contribution in [2.24, 2.45) is 0 Å². The van der Waals surface area contributed by atoms with Crippen LogP contribution in [0.5, 0.6) is 0 Å². The first-order chi connectivity index (χ1) is 11.7. The number of nitrogens with zero attached hydrogens (tertiary/aromatic N) is 2. The van der Waals surface area contributed by atoms with Crippen molar-refractivity contribution < 1.29 is 4.79 Å². The first kappa shape index (κ1) is 18.1. The van der Waals surface area contributed by atoms with E-state index >= 15 is 0 Å². The fourth-order valence-electron chi connectivity index (χ4n) is 3.33. The number of rotatable bonds is 4. The highest BCUT2D eigenvalue weighted by molar-refractivity contribution is 7.80. The Morgan fingerprint density at radius 2 is 2.28 bits per heavy atom. The van der Waals surface area contributed by atoms with E-state index < -0.39 is 0 Å². The zero-order valence-electron chi connectivity index (χ0n) is 15.0. The Balaban J connectivity index is 1.59. The highest BCUT2D eigenvalue weighted by atomic mass is 32.1. The van der Waals surface area contributed by atoms with Crippen molar-refractivity contribution in [2.75, 3.05) is 11.9 Å². The summed E-state index contributed by atoms with van der Waals surface area (Å²) in [4.78, 5) is 19.0. The second kappa shape index (κ2) is 6.88. The summed E-state index contributed by atoms with van der Waals surface area (Å²) in [7, 11) is 0. The van der Waals surface area contributed by atoms with Gasteiger partial charge in [-0.25, -0.2) is 4.98 Å². The van der Waals surface area contributed by atoms with E-state index in [1.54, 1.807) is 0 Å². The molecule has 134 valence electrons. The Hall–Kier alpha value is -1.73. The van der Waals surface area contributed by atoms with Gasteiger partial charge in [0.2, 0.25) is 5.91 Å². The Morgan fingerprint density at radius 1 is 1.52 bits per heavy atom. The van der Waals surface area contributed by atoms with Crippen molar-refractivity contribution in [1.29, 1.82) is 0 Å². The molecule has 2 heterocycles. The first-order valence-corrected chi connectivity index (χ1v) is 9.72. The average molecular weight is 377 g/mol. The minimum atomic E-state index is -0.0310. The van der Waals surface area contributed by atoms with Gasteiger partial charge in [-0.15, -0.1) is 0 Å². The third-order valence-electron chi connectivity index (χ3n) is 4.49. The lowest BCUT2D eigenvalue weighted by atomic mass is 9.93.